The largest absolute Gasteiger partial charge is 0.481 e. The third kappa shape index (κ3) is 1.91. The number of furan rings is 1. The van der Waals surface area contributed by atoms with Crippen LogP contribution in [0.25, 0.3) is 11.0 Å². The van der Waals surface area contributed by atoms with Crippen LogP contribution in [-0.2, 0) is 11.2 Å². The molecule has 1 N–H and O–H groups in total. The summed E-state index contributed by atoms with van der Waals surface area (Å²) < 4.78 is 18.5. The first-order valence-corrected chi connectivity index (χ1v) is 4.93. The number of carboxylic acids is 1. The lowest BCUT2D eigenvalue weighted by Gasteiger charge is -1.95. The number of rotatable bonds is 3. The van der Waals surface area contributed by atoms with Gasteiger partial charge in [-0.05, 0) is 6.07 Å². The molecule has 0 atom stereocenters. The molecule has 2 aromatic rings. The van der Waals surface area contributed by atoms with Gasteiger partial charge in [-0.1, -0.05) is 12.1 Å². The van der Waals surface area contributed by atoms with E-state index in [4.69, 9.17) is 9.52 Å². The molecule has 88 valence electrons. The molecule has 0 saturated heterocycles. The lowest BCUT2D eigenvalue weighted by molar-refractivity contribution is -0.136. The molecule has 0 bridgehead atoms. The second-order valence-electron chi connectivity index (χ2n) is 3.65. The maximum Gasteiger partial charge on any atom is 0.307 e. The van der Waals surface area contributed by atoms with Crippen molar-refractivity contribution in [2.24, 2.45) is 0 Å². The molecule has 0 aliphatic rings. The number of carbonyl (C=O) groups is 2. The highest BCUT2D eigenvalue weighted by Crippen LogP contribution is 2.28. The van der Waals surface area contributed by atoms with Gasteiger partial charge in [0.05, 0.1) is 6.42 Å². The predicted octanol–water partition coefficient (Wildman–Crippen LogP) is 2.40. The molecule has 0 saturated carbocycles. The van der Waals surface area contributed by atoms with Crippen LogP contribution < -0.4 is 0 Å². The number of para-hydroxylation sites is 1. The van der Waals surface area contributed by atoms with Gasteiger partial charge in [-0.25, -0.2) is 4.39 Å². The van der Waals surface area contributed by atoms with Gasteiger partial charge in [-0.2, -0.15) is 0 Å². The van der Waals surface area contributed by atoms with E-state index in [9.17, 15) is 14.0 Å². The summed E-state index contributed by atoms with van der Waals surface area (Å²) >= 11 is 0. The number of benzene rings is 1. The van der Waals surface area contributed by atoms with Crippen LogP contribution in [0.2, 0.25) is 0 Å². The van der Waals surface area contributed by atoms with Crippen LogP contribution in [0.4, 0.5) is 4.39 Å². The van der Waals surface area contributed by atoms with E-state index in [1.165, 1.54) is 25.1 Å². The minimum absolute atomic E-state index is 0.0750. The monoisotopic (exact) mass is 236 g/mol. The quantitative estimate of drug-likeness (QED) is 0.831. The Bertz CT molecular complexity index is 612. The third-order valence-electron chi connectivity index (χ3n) is 2.42. The number of ketones is 1. The second-order valence-corrected chi connectivity index (χ2v) is 3.65. The smallest absolute Gasteiger partial charge is 0.307 e. The number of fused-ring (bicyclic) bond motifs is 1. The molecule has 0 fully saturated rings. The van der Waals surface area contributed by atoms with Gasteiger partial charge in [0.25, 0.3) is 0 Å². The Hall–Kier alpha value is -2.17. The standard InChI is InChI=1S/C12H9FO4/c1-6(14)11-8(5-10(15)16)7-3-2-4-9(13)12(7)17-11/h2-4H,5H2,1H3,(H,15,16). The molecule has 17 heavy (non-hydrogen) atoms. The molecule has 5 heteroatoms. The Morgan fingerprint density at radius 3 is 2.71 bits per heavy atom. The molecule has 0 spiro atoms. The van der Waals surface area contributed by atoms with Crippen molar-refractivity contribution in [2.75, 3.05) is 0 Å². The summed E-state index contributed by atoms with van der Waals surface area (Å²) in [6.07, 6.45) is -0.370. The molecule has 1 aromatic heterocycles. The molecule has 0 aliphatic carbocycles. The predicted molar refractivity (Wildman–Crippen MR) is 57.5 cm³/mol. The molecule has 0 aliphatic heterocycles. The Kier molecular flexibility index (Phi) is 2.67. The van der Waals surface area contributed by atoms with E-state index in [2.05, 4.69) is 0 Å². The van der Waals surface area contributed by atoms with Crippen molar-refractivity contribution in [1.29, 1.82) is 0 Å². The van der Waals surface area contributed by atoms with Gasteiger partial charge in [0.15, 0.2) is 22.9 Å². The highest BCUT2D eigenvalue weighted by molar-refractivity contribution is 6.00. The highest BCUT2D eigenvalue weighted by atomic mass is 19.1. The first-order valence-electron chi connectivity index (χ1n) is 4.93. The van der Waals surface area contributed by atoms with Gasteiger partial charge in [0.1, 0.15) is 0 Å². The van der Waals surface area contributed by atoms with Crippen molar-refractivity contribution in [3.8, 4) is 0 Å². The van der Waals surface area contributed by atoms with E-state index < -0.39 is 17.6 Å². The number of hydrogen-bond donors (Lipinski definition) is 1. The molecule has 2 rings (SSSR count). The fraction of sp³-hybridized carbons (Fsp3) is 0.167. The highest BCUT2D eigenvalue weighted by Gasteiger charge is 2.21. The minimum Gasteiger partial charge on any atom is -0.481 e. The molecule has 0 radical (unpaired) electrons. The summed E-state index contributed by atoms with van der Waals surface area (Å²) in [5.74, 6) is -2.22. The van der Waals surface area contributed by atoms with Crippen LogP contribution in [0.1, 0.15) is 23.0 Å². The molecule has 0 amide bonds. The van der Waals surface area contributed by atoms with Gasteiger partial charge < -0.3 is 9.52 Å². The third-order valence-corrected chi connectivity index (χ3v) is 2.42. The molecule has 1 heterocycles. The number of aliphatic carboxylic acids is 1. The lowest BCUT2D eigenvalue weighted by atomic mass is 10.1. The minimum atomic E-state index is -1.10. The summed E-state index contributed by atoms with van der Waals surface area (Å²) in [6.45, 7) is 1.25. The average molecular weight is 236 g/mol. The molecule has 0 unspecified atom stereocenters. The number of carboxylic acid groups (broad SMARTS) is 1. The summed E-state index contributed by atoms with van der Waals surface area (Å²) in [5, 5.41) is 9.10. The van der Waals surface area contributed by atoms with Crippen LogP contribution in [0, 0.1) is 5.82 Å². The van der Waals surface area contributed by atoms with Crippen LogP contribution in [0.3, 0.4) is 0 Å². The van der Waals surface area contributed by atoms with Crippen molar-refractivity contribution >= 4 is 22.7 Å². The van der Waals surface area contributed by atoms with Crippen LogP contribution >= 0.6 is 0 Å². The zero-order chi connectivity index (χ0) is 12.6. The van der Waals surface area contributed by atoms with Crippen LogP contribution in [0.5, 0.6) is 0 Å². The summed E-state index contributed by atoms with van der Waals surface area (Å²) in [6, 6.07) is 4.18. The lowest BCUT2D eigenvalue weighted by Crippen LogP contribution is -2.04. The van der Waals surface area contributed by atoms with Crippen molar-refractivity contribution in [1.82, 2.24) is 0 Å². The van der Waals surface area contributed by atoms with E-state index in [1.807, 2.05) is 0 Å². The maximum atomic E-state index is 13.4. The number of halogens is 1. The van der Waals surface area contributed by atoms with Crippen molar-refractivity contribution in [3.63, 3.8) is 0 Å². The molecular formula is C12H9FO4. The fourth-order valence-corrected chi connectivity index (χ4v) is 1.75. The topological polar surface area (TPSA) is 67.5 Å². The Balaban J connectivity index is 2.75. The van der Waals surface area contributed by atoms with E-state index in [-0.39, 0.29) is 23.3 Å². The van der Waals surface area contributed by atoms with E-state index in [1.54, 1.807) is 0 Å². The van der Waals surface area contributed by atoms with Gasteiger partial charge in [0.2, 0.25) is 0 Å². The normalized spacial score (nSPS) is 10.7. The van der Waals surface area contributed by atoms with E-state index in [0.717, 1.165) is 0 Å². The first kappa shape index (κ1) is 11.3. The summed E-state index contributed by atoms with van der Waals surface area (Å²) in [4.78, 5) is 22.0. The van der Waals surface area contributed by atoms with Gasteiger partial charge >= 0.3 is 5.97 Å². The fourth-order valence-electron chi connectivity index (χ4n) is 1.75. The van der Waals surface area contributed by atoms with Crippen LogP contribution in [0.15, 0.2) is 22.6 Å². The number of hydrogen-bond acceptors (Lipinski definition) is 3. The van der Waals surface area contributed by atoms with E-state index in [0.29, 0.717) is 5.39 Å². The van der Waals surface area contributed by atoms with E-state index >= 15 is 0 Å². The Labute approximate surface area is 95.6 Å². The molecular weight excluding hydrogens is 227 g/mol. The summed E-state index contributed by atoms with van der Waals surface area (Å²) in [5.41, 5.74) is 0.147. The van der Waals surface area contributed by atoms with Crippen molar-refractivity contribution in [2.45, 2.75) is 13.3 Å². The Morgan fingerprint density at radius 2 is 2.12 bits per heavy atom. The van der Waals surface area contributed by atoms with Gasteiger partial charge in [0, 0.05) is 17.9 Å². The van der Waals surface area contributed by atoms with Crippen molar-refractivity contribution < 1.29 is 23.5 Å². The SMILES string of the molecule is CC(=O)c1oc2c(F)cccc2c1CC(=O)O. The molecule has 1 aromatic carbocycles. The van der Waals surface area contributed by atoms with Gasteiger partial charge in [-0.15, -0.1) is 0 Å². The van der Waals surface area contributed by atoms with Gasteiger partial charge in [-0.3, -0.25) is 9.59 Å². The zero-order valence-corrected chi connectivity index (χ0v) is 8.99. The summed E-state index contributed by atoms with van der Waals surface area (Å²) in [7, 11) is 0. The number of Topliss-reactive ketones (excluding diaryl/α,β-unsaturated/α-hetero) is 1. The zero-order valence-electron chi connectivity index (χ0n) is 8.99. The first-order chi connectivity index (χ1) is 8.00. The van der Waals surface area contributed by atoms with Crippen molar-refractivity contribution in [3.05, 3.63) is 35.3 Å². The Morgan fingerprint density at radius 1 is 1.41 bits per heavy atom. The van der Waals surface area contributed by atoms with Crippen LogP contribution in [-0.4, -0.2) is 16.9 Å². The average Bonchev–Trinajstić information content (AvgIpc) is 2.58. The number of carbonyl (C=O) groups excluding carboxylic acids is 1. The second kappa shape index (κ2) is 4.01. The maximum absolute atomic E-state index is 13.4. The molecule has 4 nitrogen and oxygen atoms in total.